The first-order valence-electron chi connectivity index (χ1n) is 8.56. The van der Waals surface area contributed by atoms with Crippen LogP contribution < -0.4 is 0 Å². The lowest BCUT2D eigenvalue weighted by Crippen LogP contribution is -1.96. The zero-order valence-corrected chi connectivity index (χ0v) is 15.3. The van der Waals surface area contributed by atoms with Crippen molar-refractivity contribution in [2.75, 3.05) is 6.61 Å². The SMILES string of the molecule is CCCCCCCCCCCO.Cc1ccc(S(=O)(=O)O)cc1. The second-order valence-electron chi connectivity index (χ2n) is 5.84. The van der Waals surface area contributed by atoms with Gasteiger partial charge in [0.25, 0.3) is 10.1 Å². The van der Waals surface area contributed by atoms with Gasteiger partial charge in [0, 0.05) is 6.61 Å². The third-order valence-corrected chi connectivity index (χ3v) is 4.45. The fraction of sp³-hybridized carbons (Fsp3) is 0.667. The maximum absolute atomic E-state index is 10.5. The summed E-state index contributed by atoms with van der Waals surface area (Å²) in [5.74, 6) is 0. The topological polar surface area (TPSA) is 74.6 Å². The molecule has 134 valence electrons. The minimum Gasteiger partial charge on any atom is -0.396 e. The van der Waals surface area contributed by atoms with Crippen LogP contribution in [0.25, 0.3) is 0 Å². The molecule has 0 aromatic heterocycles. The Hall–Kier alpha value is -0.910. The molecule has 0 saturated heterocycles. The first-order chi connectivity index (χ1) is 10.9. The third-order valence-electron chi connectivity index (χ3n) is 3.58. The van der Waals surface area contributed by atoms with Crippen LogP contribution in [-0.4, -0.2) is 24.7 Å². The molecule has 1 rings (SSSR count). The quantitative estimate of drug-likeness (QED) is 0.474. The van der Waals surface area contributed by atoms with Gasteiger partial charge in [-0.25, -0.2) is 0 Å². The van der Waals surface area contributed by atoms with E-state index in [0.29, 0.717) is 6.61 Å². The molecule has 0 saturated carbocycles. The summed E-state index contributed by atoms with van der Waals surface area (Å²) < 4.78 is 29.6. The molecule has 1 aromatic rings. The van der Waals surface area contributed by atoms with E-state index in [0.717, 1.165) is 12.0 Å². The summed E-state index contributed by atoms with van der Waals surface area (Å²) in [5.41, 5.74) is 0.956. The maximum atomic E-state index is 10.5. The van der Waals surface area contributed by atoms with Crippen molar-refractivity contribution in [1.82, 2.24) is 0 Å². The van der Waals surface area contributed by atoms with E-state index in [1.54, 1.807) is 12.1 Å². The van der Waals surface area contributed by atoms with Crippen LogP contribution in [-0.2, 0) is 10.1 Å². The number of aliphatic hydroxyl groups excluding tert-OH is 1. The summed E-state index contributed by atoms with van der Waals surface area (Å²) in [5, 5.41) is 8.54. The van der Waals surface area contributed by atoms with Crippen molar-refractivity contribution in [3.63, 3.8) is 0 Å². The average molecular weight is 345 g/mol. The lowest BCUT2D eigenvalue weighted by atomic mass is 10.1. The molecule has 0 atom stereocenters. The first kappa shape index (κ1) is 22.1. The zero-order chi connectivity index (χ0) is 17.6. The molecule has 0 spiro atoms. The highest BCUT2D eigenvalue weighted by molar-refractivity contribution is 7.85. The van der Waals surface area contributed by atoms with E-state index < -0.39 is 10.1 Å². The lowest BCUT2D eigenvalue weighted by Gasteiger charge is -1.99. The van der Waals surface area contributed by atoms with Crippen LogP contribution in [0.2, 0.25) is 0 Å². The molecule has 23 heavy (non-hydrogen) atoms. The molecule has 5 heteroatoms. The molecule has 0 unspecified atom stereocenters. The van der Waals surface area contributed by atoms with Crippen LogP contribution in [0.1, 0.15) is 70.3 Å². The highest BCUT2D eigenvalue weighted by atomic mass is 32.2. The number of hydrogen-bond acceptors (Lipinski definition) is 3. The van der Waals surface area contributed by atoms with Crippen molar-refractivity contribution in [2.45, 2.75) is 76.5 Å². The fourth-order valence-electron chi connectivity index (χ4n) is 2.13. The standard InChI is InChI=1S/C11H24O.C7H8O3S/c1-2-3-4-5-6-7-8-9-10-11-12;1-6-2-4-7(5-3-6)11(8,9)10/h12H,2-11H2,1H3;2-5H,1H3,(H,8,9,10). The van der Waals surface area contributed by atoms with Gasteiger partial charge in [-0.1, -0.05) is 76.0 Å². The monoisotopic (exact) mass is 344 g/mol. The molecule has 2 N–H and O–H groups in total. The van der Waals surface area contributed by atoms with Crippen LogP contribution in [0, 0.1) is 6.92 Å². The van der Waals surface area contributed by atoms with Gasteiger partial charge in [-0.15, -0.1) is 0 Å². The smallest absolute Gasteiger partial charge is 0.294 e. The maximum Gasteiger partial charge on any atom is 0.294 e. The highest BCUT2D eigenvalue weighted by Crippen LogP contribution is 2.09. The van der Waals surface area contributed by atoms with E-state index in [-0.39, 0.29) is 4.90 Å². The summed E-state index contributed by atoms with van der Waals surface area (Å²) >= 11 is 0. The summed E-state index contributed by atoms with van der Waals surface area (Å²) in [4.78, 5) is -0.0666. The van der Waals surface area contributed by atoms with Crippen molar-refractivity contribution in [1.29, 1.82) is 0 Å². The van der Waals surface area contributed by atoms with Gasteiger partial charge in [0.15, 0.2) is 0 Å². The van der Waals surface area contributed by atoms with Gasteiger partial charge in [-0.3, -0.25) is 4.55 Å². The largest absolute Gasteiger partial charge is 0.396 e. The van der Waals surface area contributed by atoms with Gasteiger partial charge in [0.2, 0.25) is 0 Å². The van der Waals surface area contributed by atoms with E-state index in [4.69, 9.17) is 9.66 Å². The van der Waals surface area contributed by atoms with Gasteiger partial charge < -0.3 is 5.11 Å². The Balaban J connectivity index is 0.000000422. The van der Waals surface area contributed by atoms with Crippen molar-refractivity contribution >= 4 is 10.1 Å². The summed E-state index contributed by atoms with van der Waals surface area (Å²) in [6.45, 7) is 4.46. The minimum atomic E-state index is -4.02. The van der Waals surface area contributed by atoms with Crippen molar-refractivity contribution in [3.8, 4) is 0 Å². The molecular weight excluding hydrogens is 312 g/mol. The Morgan fingerprint density at radius 2 is 1.26 bits per heavy atom. The average Bonchev–Trinajstić information content (AvgIpc) is 2.50. The fourth-order valence-corrected chi connectivity index (χ4v) is 2.61. The predicted molar refractivity (Wildman–Crippen MR) is 95.3 cm³/mol. The number of unbranched alkanes of at least 4 members (excludes halogenated alkanes) is 8. The van der Waals surface area contributed by atoms with E-state index in [1.165, 1.54) is 63.5 Å². The van der Waals surface area contributed by atoms with E-state index in [1.807, 2.05) is 6.92 Å². The molecule has 4 nitrogen and oxygen atoms in total. The van der Waals surface area contributed by atoms with Crippen LogP contribution in [0.4, 0.5) is 0 Å². The van der Waals surface area contributed by atoms with Crippen LogP contribution in [0.15, 0.2) is 29.2 Å². The van der Waals surface area contributed by atoms with Gasteiger partial charge in [0.1, 0.15) is 0 Å². The summed E-state index contributed by atoms with van der Waals surface area (Å²) in [6.07, 6.45) is 11.8. The number of rotatable bonds is 10. The first-order valence-corrected chi connectivity index (χ1v) is 10.0. The lowest BCUT2D eigenvalue weighted by molar-refractivity contribution is 0.282. The van der Waals surface area contributed by atoms with Gasteiger partial charge in [0.05, 0.1) is 4.90 Å². The summed E-state index contributed by atoms with van der Waals surface area (Å²) in [7, 11) is -4.02. The molecule has 0 aliphatic carbocycles. The van der Waals surface area contributed by atoms with E-state index in [9.17, 15) is 8.42 Å². The Bertz CT molecular complexity index is 470. The molecule has 1 aromatic carbocycles. The van der Waals surface area contributed by atoms with Crippen molar-refractivity contribution < 1.29 is 18.1 Å². The predicted octanol–water partition coefficient (Wildman–Crippen LogP) is 4.75. The van der Waals surface area contributed by atoms with Crippen molar-refractivity contribution in [3.05, 3.63) is 29.8 Å². The number of aliphatic hydroxyl groups is 1. The number of hydrogen-bond donors (Lipinski definition) is 2. The minimum absolute atomic E-state index is 0.0666. The summed E-state index contributed by atoms with van der Waals surface area (Å²) in [6, 6.07) is 5.99. The molecule has 0 aliphatic rings. The van der Waals surface area contributed by atoms with Gasteiger partial charge in [-0.2, -0.15) is 8.42 Å². The molecule has 0 heterocycles. The number of benzene rings is 1. The van der Waals surface area contributed by atoms with Crippen molar-refractivity contribution in [2.24, 2.45) is 0 Å². The van der Waals surface area contributed by atoms with E-state index in [2.05, 4.69) is 6.92 Å². The van der Waals surface area contributed by atoms with Crippen LogP contribution >= 0.6 is 0 Å². The highest BCUT2D eigenvalue weighted by Gasteiger charge is 2.06. The van der Waals surface area contributed by atoms with Crippen LogP contribution in [0.3, 0.4) is 0 Å². The molecule has 0 radical (unpaired) electrons. The molecule has 0 amide bonds. The number of aryl methyl sites for hydroxylation is 1. The Kier molecular flexibility index (Phi) is 13.0. The Labute approximate surface area is 141 Å². The molecule has 0 aliphatic heterocycles. The van der Waals surface area contributed by atoms with Gasteiger partial charge in [-0.05, 0) is 25.5 Å². The van der Waals surface area contributed by atoms with Crippen LogP contribution in [0.5, 0.6) is 0 Å². The molecular formula is C18H32O4S. The third kappa shape index (κ3) is 13.2. The zero-order valence-electron chi connectivity index (χ0n) is 14.5. The van der Waals surface area contributed by atoms with Gasteiger partial charge >= 0.3 is 0 Å². The normalized spacial score (nSPS) is 11.0. The second kappa shape index (κ2) is 13.5. The molecule has 0 fully saturated rings. The van der Waals surface area contributed by atoms with E-state index >= 15 is 0 Å². The second-order valence-corrected chi connectivity index (χ2v) is 7.26. The Morgan fingerprint density at radius 3 is 1.65 bits per heavy atom. The Morgan fingerprint density at radius 1 is 0.826 bits per heavy atom. The molecule has 0 bridgehead atoms.